The molecule has 3 N–H and O–H groups in total. The van der Waals surface area contributed by atoms with E-state index in [1.54, 1.807) is 0 Å². The molecule has 0 spiro atoms. The van der Waals surface area contributed by atoms with E-state index in [1.165, 1.54) is 0 Å². The second-order valence-corrected chi connectivity index (χ2v) is 5.75. The van der Waals surface area contributed by atoms with Gasteiger partial charge in [0.25, 0.3) is 0 Å². The first-order valence-corrected chi connectivity index (χ1v) is 6.43. The van der Waals surface area contributed by atoms with Gasteiger partial charge >= 0.3 is 0 Å². The van der Waals surface area contributed by atoms with Gasteiger partial charge in [0.1, 0.15) is 0 Å². The van der Waals surface area contributed by atoms with E-state index in [9.17, 15) is 0 Å². The summed E-state index contributed by atoms with van der Waals surface area (Å²) >= 11 is 0. The lowest BCUT2D eigenvalue weighted by Crippen LogP contribution is -2.20. The Bertz CT molecular complexity index is 93.0. The Labute approximate surface area is 74.7 Å². The molecule has 0 fully saturated rings. The van der Waals surface area contributed by atoms with Gasteiger partial charge in [0.15, 0.2) is 0 Å². The third kappa shape index (κ3) is 3.63. The topological polar surface area (TPSA) is 60.7 Å². The molecule has 0 aliphatic carbocycles. The van der Waals surface area contributed by atoms with Crippen LogP contribution in [-0.2, 0) is 0 Å². The third-order valence-corrected chi connectivity index (χ3v) is 5.13. The van der Waals surface area contributed by atoms with Crippen LogP contribution >= 0.6 is 0 Å². The van der Waals surface area contributed by atoms with E-state index in [1.807, 2.05) is 13.8 Å². The quantitative estimate of drug-likeness (QED) is 0.515. The summed E-state index contributed by atoms with van der Waals surface area (Å²) in [6.07, 6.45) is 0. The second kappa shape index (κ2) is 6.09. The van der Waals surface area contributed by atoms with Crippen LogP contribution in [0, 0.1) is 0 Å². The van der Waals surface area contributed by atoms with Crippen LogP contribution in [0.3, 0.4) is 0 Å². The summed E-state index contributed by atoms with van der Waals surface area (Å²) in [4.78, 5) is 26.6. The van der Waals surface area contributed by atoms with Crippen LogP contribution in [0.1, 0.15) is 13.8 Å². The zero-order chi connectivity index (χ0) is 8.85. The normalized spacial score (nSPS) is 19.4. The standard InChI is InChI=1S/C5H12O3Si3/c1-3(9-6)5(11-8)4(2)10-7/h3-8H,1-2H3. The maximum atomic E-state index is 8.94. The molecule has 11 heavy (non-hydrogen) atoms. The predicted octanol–water partition coefficient (Wildman–Crippen LogP) is -0.774. The fourth-order valence-corrected chi connectivity index (χ4v) is 3.25. The third-order valence-electron chi connectivity index (χ3n) is 1.63. The van der Waals surface area contributed by atoms with Crippen molar-refractivity contribution in [2.75, 3.05) is 0 Å². The van der Waals surface area contributed by atoms with Gasteiger partial charge in [-0.15, -0.1) is 0 Å². The molecule has 2 unspecified atom stereocenters. The maximum absolute atomic E-state index is 8.94. The monoisotopic (exact) mass is 204 g/mol. The Hall–Kier alpha value is 0.531. The molecule has 0 aliphatic heterocycles. The van der Waals surface area contributed by atoms with Gasteiger partial charge in [0.05, 0.1) is 0 Å². The highest BCUT2D eigenvalue weighted by Gasteiger charge is 2.24. The highest BCUT2D eigenvalue weighted by Crippen LogP contribution is 2.32. The summed E-state index contributed by atoms with van der Waals surface area (Å²) in [6.45, 7) is 3.78. The van der Waals surface area contributed by atoms with Crippen molar-refractivity contribution in [2.24, 2.45) is 0 Å². The summed E-state index contributed by atoms with van der Waals surface area (Å²) in [5, 5.41) is 0. The van der Waals surface area contributed by atoms with Crippen LogP contribution in [0.25, 0.3) is 0 Å². The lowest BCUT2D eigenvalue weighted by molar-refractivity contribution is 0.513. The Balaban J connectivity index is 3.92. The van der Waals surface area contributed by atoms with Gasteiger partial charge in [0, 0.05) is 0 Å². The molecule has 0 saturated heterocycles. The minimum absolute atomic E-state index is 0.0571. The first-order valence-electron chi connectivity index (χ1n) is 3.36. The van der Waals surface area contributed by atoms with Crippen LogP contribution in [0.2, 0.25) is 16.6 Å². The zero-order valence-electron chi connectivity index (χ0n) is 6.57. The molecule has 0 saturated carbocycles. The second-order valence-electron chi connectivity index (χ2n) is 2.49. The van der Waals surface area contributed by atoms with Crippen molar-refractivity contribution in [1.29, 1.82) is 0 Å². The van der Waals surface area contributed by atoms with Crippen molar-refractivity contribution >= 4 is 29.3 Å². The van der Waals surface area contributed by atoms with Crippen LogP contribution < -0.4 is 0 Å². The number of rotatable bonds is 5. The predicted molar refractivity (Wildman–Crippen MR) is 46.5 cm³/mol. The summed E-state index contributed by atoms with van der Waals surface area (Å²) < 4.78 is 0. The van der Waals surface area contributed by atoms with Gasteiger partial charge in [-0.3, -0.25) is 0 Å². The van der Waals surface area contributed by atoms with Crippen molar-refractivity contribution in [3.63, 3.8) is 0 Å². The van der Waals surface area contributed by atoms with Crippen molar-refractivity contribution in [3.8, 4) is 0 Å². The molecule has 0 aromatic rings. The van der Waals surface area contributed by atoms with E-state index in [0.717, 1.165) is 0 Å². The molecule has 0 aromatic heterocycles. The van der Waals surface area contributed by atoms with Crippen molar-refractivity contribution < 1.29 is 14.4 Å². The fourth-order valence-electron chi connectivity index (χ4n) is 0.817. The van der Waals surface area contributed by atoms with Gasteiger partial charge in [-0.25, -0.2) is 0 Å². The Morgan fingerprint density at radius 1 is 0.818 bits per heavy atom. The average molecular weight is 204 g/mol. The average Bonchev–Trinajstić information content (AvgIpc) is 2.05. The molecule has 0 heterocycles. The highest BCUT2D eigenvalue weighted by molar-refractivity contribution is 6.40. The first kappa shape index (κ1) is 11.5. The van der Waals surface area contributed by atoms with E-state index in [0.29, 0.717) is 0 Å². The minimum Gasteiger partial charge on any atom is -0.431 e. The van der Waals surface area contributed by atoms with Gasteiger partial charge in [-0.2, -0.15) is 0 Å². The summed E-state index contributed by atoms with van der Waals surface area (Å²) in [6, 6.07) is 0. The van der Waals surface area contributed by atoms with E-state index in [4.69, 9.17) is 14.4 Å². The first-order chi connectivity index (χ1) is 5.17. The minimum atomic E-state index is -0.183. The van der Waals surface area contributed by atoms with Gasteiger partial charge < -0.3 is 14.4 Å². The Morgan fingerprint density at radius 3 is 1.36 bits per heavy atom. The Kier molecular flexibility index (Phi) is 6.39. The lowest BCUT2D eigenvalue weighted by Gasteiger charge is -2.22. The molecule has 0 amide bonds. The highest BCUT2D eigenvalue weighted by atomic mass is 28.2. The van der Waals surface area contributed by atoms with Crippen LogP contribution in [0.4, 0.5) is 0 Å². The Morgan fingerprint density at radius 2 is 1.18 bits per heavy atom. The fraction of sp³-hybridized carbons (Fsp3) is 1.00. The largest absolute Gasteiger partial charge is 0.431 e. The summed E-state index contributed by atoms with van der Waals surface area (Å²) in [5.41, 5.74) is 0.266. The molecule has 6 heteroatoms. The molecule has 0 aromatic carbocycles. The molecule has 6 radical (unpaired) electrons. The van der Waals surface area contributed by atoms with Crippen molar-refractivity contribution in [2.45, 2.75) is 30.5 Å². The van der Waals surface area contributed by atoms with Crippen LogP contribution in [0.15, 0.2) is 0 Å². The molecular formula is C5H12O3Si3. The molecule has 3 nitrogen and oxygen atoms in total. The molecule has 2 atom stereocenters. The SMILES string of the molecule is CC([Si]O)C([Si]O)C(C)[Si]O. The van der Waals surface area contributed by atoms with E-state index >= 15 is 0 Å². The van der Waals surface area contributed by atoms with Crippen molar-refractivity contribution in [1.82, 2.24) is 0 Å². The van der Waals surface area contributed by atoms with Crippen LogP contribution in [0.5, 0.6) is 0 Å². The molecule has 0 rings (SSSR count). The van der Waals surface area contributed by atoms with Gasteiger partial charge in [-0.1, -0.05) is 13.8 Å². The molecule has 0 aliphatic rings. The number of hydrogen-bond acceptors (Lipinski definition) is 3. The number of hydrogen-bond donors (Lipinski definition) is 3. The molecule has 62 valence electrons. The maximum Gasteiger partial charge on any atom is 0.227 e. The summed E-state index contributed by atoms with van der Waals surface area (Å²) in [5.74, 6) is 0. The lowest BCUT2D eigenvalue weighted by atomic mass is 10.2. The van der Waals surface area contributed by atoms with E-state index in [-0.39, 0.29) is 45.9 Å². The van der Waals surface area contributed by atoms with E-state index in [2.05, 4.69) is 0 Å². The molecule has 0 bridgehead atoms. The zero-order valence-corrected chi connectivity index (χ0v) is 9.57. The molecular weight excluding hydrogens is 192 g/mol. The van der Waals surface area contributed by atoms with Crippen LogP contribution in [-0.4, -0.2) is 43.7 Å². The van der Waals surface area contributed by atoms with Gasteiger partial charge in [0.2, 0.25) is 29.3 Å². The van der Waals surface area contributed by atoms with E-state index < -0.39 is 0 Å². The smallest absolute Gasteiger partial charge is 0.227 e. The summed E-state index contributed by atoms with van der Waals surface area (Å²) in [7, 11) is -0.473. The van der Waals surface area contributed by atoms with Gasteiger partial charge in [-0.05, 0) is 16.6 Å². The van der Waals surface area contributed by atoms with Crippen molar-refractivity contribution in [3.05, 3.63) is 0 Å².